The Bertz CT molecular complexity index is 1550. The maximum absolute atomic E-state index is 13.4. The summed E-state index contributed by atoms with van der Waals surface area (Å²) in [6, 6.07) is 0. The fourth-order valence-corrected chi connectivity index (χ4v) is 6.46. The number of rotatable bonds is 14. The van der Waals surface area contributed by atoms with Crippen LogP contribution in [0.4, 0.5) is 0 Å². The Morgan fingerprint density at radius 1 is 0.632 bits per heavy atom. The van der Waals surface area contributed by atoms with Crippen molar-refractivity contribution in [3.8, 4) is 0 Å². The Labute approximate surface area is 325 Å². The molecule has 4 rings (SSSR count). The van der Waals surface area contributed by atoms with Crippen LogP contribution >= 0.6 is 0 Å². The van der Waals surface area contributed by atoms with Gasteiger partial charge in [0.2, 0.25) is 12.6 Å². The summed E-state index contributed by atoms with van der Waals surface area (Å²) in [5.74, 6) is -5.87. The van der Waals surface area contributed by atoms with Crippen LogP contribution < -0.4 is 0 Å². The Balaban J connectivity index is 1.59. The van der Waals surface area contributed by atoms with Gasteiger partial charge in [-0.1, -0.05) is 6.08 Å². The second-order valence-electron chi connectivity index (χ2n) is 13.0. The molecule has 0 aromatic rings. The maximum atomic E-state index is 13.4. The highest BCUT2D eigenvalue weighted by atomic mass is 16.8. The van der Waals surface area contributed by atoms with E-state index in [1.54, 1.807) is 0 Å². The van der Waals surface area contributed by atoms with Gasteiger partial charge in [-0.05, 0) is 13.0 Å². The quantitative estimate of drug-likeness (QED) is 0.0471. The molecule has 320 valence electrons. The highest BCUT2D eigenvalue weighted by Crippen LogP contribution is 2.38. The van der Waals surface area contributed by atoms with Gasteiger partial charge in [-0.2, -0.15) is 0 Å². The van der Waals surface area contributed by atoms with E-state index in [1.807, 2.05) is 0 Å². The van der Waals surface area contributed by atoms with Gasteiger partial charge in [-0.15, -0.1) is 0 Å². The average Bonchev–Trinajstić information content (AvgIpc) is 3.21. The van der Waals surface area contributed by atoms with Crippen molar-refractivity contribution in [3.63, 3.8) is 0 Å². The lowest BCUT2D eigenvalue weighted by Crippen LogP contribution is -2.60. The second kappa shape index (κ2) is 20.6. The zero-order chi connectivity index (χ0) is 42.1. The van der Waals surface area contributed by atoms with Gasteiger partial charge in [0.05, 0.1) is 71.1 Å². The minimum absolute atomic E-state index is 0.0450. The minimum atomic E-state index is -1.87. The molecule has 8 N–H and O–H groups in total. The molecule has 14 atom stereocenters. The van der Waals surface area contributed by atoms with Gasteiger partial charge in [-0.25, -0.2) is 9.59 Å². The molecule has 0 aromatic heterocycles. The van der Waals surface area contributed by atoms with Crippen LogP contribution in [0.3, 0.4) is 0 Å². The predicted molar refractivity (Wildman–Crippen MR) is 181 cm³/mol. The van der Waals surface area contributed by atoms with Crippen LogP contribution in [0, 0.1) is 11.8 Å². The lowest BCUT2D eigenvalue weighted by Gasteiger charge is -2.42. The van der Waals surface area contributed by atoms with Gasteiger partial charge in [0.1, 0.15) is 55.4 Å². The third-order valence-corrected chi connectivity index (χ3v) is 9.66. The van der Waals surface area contributed by atoms with Gasteiger partial charge in [0, 0.05) is 23.0 Å². The third-order valence-electron chi connectivity index (χ3n) is 9.66. The molecule has 57 heavy (non-hydrogen) atoms. The molecular formula is C35H48O22. The molecule has 0 radical (unpaired) electrons. The van der Waals surface area contributed by atoms with Gasteiger partial charge < -0.3 is 88.2 Å². The van der Waals surface area contributed by atoms with Crippen LogP contribution in [0.15, 0.2) is 47.0 Å². The summed E-state index contributed by atoms with van der Waals surface area (Å²) >= 11 is 0. The van der Waals surface area contributed by atoms with E-state index in [9.17, 15) is 60.0 Å². The summed E-state index contributed by atoms with van der Waals surface area (Å²) in [6.07, 6.45) is -16.3. The molecule has 0 aromatic carbocycles. The van der Waals surface area contributed by atoms with Gasteiger partial charge in [-0.3, -0.25) is 9.59 Å². The minimum Gasteiger partial charge on any atom is -0.469 e. The number of hydrogen-bond donors (Lipinski definition) is 8. The molecule has 2 saturated heterocycles. The number of esters is 4. The van der Waals surface area contributed by atoms with Crippen molar-refractivity contribution in [3.05, 3.63) is 47.0 Å². The van der Waals surface area contributed by atoms with E-state index >= 15 is 0 Å². The van der Waals surface area contributed by atoms with Crippen LogP contribution in [0.5, 0.6) is 0 Å². The van der Waals surface area contributed by atoms with Crippen LogP contribution in [0.1, 0.15) is 19.8 Å². The Morgan fingerprint density at radius 3 is 1.49 bits per heavy atom. The maximum Gasteiger partial charge on any atom is 0.337 e. The van der Waals surface area contributed by atoms with Crippen molar-refractivity contribution in [2.45, 2.75) is 93.8 Å². The first-order chi connectivity index (χ1) is 27.1. The SMILES string of the molecule is C/C=C1/[C@H](O[C@@H]2O[C@H](CO)[C@@H](O)[C@H](O)[C@H]2O)OC=C(C(=O)OC)[C@H]1CC(=O)OCC=C1[C@H](O[C@@H]2O[C@H](CO)[C@@H](O)[C@H](O)[C@H]2O)OC=C(C(=O)OC)[C@H]1CC(=O)OC. The predicted octanol–water partition coefficient (Wildman–Crippen LogP) is -3.95. The third kappa shape index (κ3) is 10.3. The molecule has 0 spiro atoms. The number of allylic oxidation sites excluding steroid dienone is 1. The zero-order valence-electron chi connectivity index (χ0n) is 31.2. The van der Waals surface area contributed by atoms with E-state index in [0.29, 0.717) is 0 Å². The monoisotopic (exact) mass is 820 g/mol. The molecule has 0 saturated carbocycles. The van der Waals surface area contributed by atoms with E-state index < -0.39 is 142 Å². The number of carbonyl (C=O) groups excluding carboxylic acids is 4. The number of ether oxygens (including phenoxy) is 10. The number of aliphatic hydroxyl groups excluding tert-OH is 8. The van der Waals surface area contributed by atoms with Crippen molar-refractivity contribution in [1.29, 1.82) is 0 Å². The number of hydrogen-bond acceptors (Lipinski definition) is 22. The normalized spacial score (nSPS) is 36.9. The van der Waals surface area contributed by atoms with Crippen molar-refractivity contribution in [2.24, 2.45) is 11.8 Å². The summed E-state index contributed by atoms with van der Waals surface area (Å²) in [5, 5.41) is 81.1. The van der Waals surface area contributed by atoms with E-state index in [-0.39, 0.29) is 22.3 Å². The van der Waals surface area contributed by atoms with Gasteiger partial charge in [0.15, 0.2) is 12.6 Å². The molecule has 0 aliphatic carbocycles. The van der Waals surface area contributed by atoms with Crippen LogP contribution in [0.25, 0.3) is 0 Å². The average molecular weight is 821 g/mol. The van der Waals surface area contributed by atoms with Gasteiger partial charge in [0.25, 0.3) is 0 Å². The fraction of sp³-hybridized carbons (Fsp3) is 0.657. The summed E-state index contributed by atoms with van der Waals surface area (Å²) in [5.41, 5.74) is -0.233. The molecule has 22 heteroatoms. The van der Waals surface area contributed by atoms with Crippen molar-refractivity contribution in [1.82, 2.24) is 0 Å². The summed E-state index contributed by atoms with van der Waals surface area (Å²) < 4.78 is 53.5. The molecule has 22 nitrogen and oxygen atoms in total. The van der Waals surface area contributed by atoms with Crippen molar-refractivity contribution in [2.75, 3.05) is 41.2 Å². The lowest BCUT2D eigenvalue weighted by molar-refractivity contribution is -0.328. The molecule has 4 aliphatic heterocycles. The first kappa shape index (κ1) is 45.7. The number of carbonyl (C=O) groups is 4. The first-order valence-electron chi connectivity index (χ1n) is 17.5. The topological polar surface area (TPSA) is 322 Å². The van der Waals surface area contributed by atoms with Crippen molar-refractivity contribution >= 4 is 23.9 Å². The van der Waals surface area contributed by atoms with E-state index in [4.69, 9.17) is 47.4 Å². The van der Waals surface area contributed by atoms with E-state index in [1.165, 1.54) is 19.1 Å². The standard InChI is InChI=1S/C35H48O22/c1-5-14-16(18(30(46)49-3)12-52-32(14)56-34-28(44)26(42)24(40)20(10-36)54-34)9-23(39)51-7-6-15-17(8-22(38)48-2)19(31(47)50-4)13-53-33(15)57-35-29(45)27(43)25(41)21(11-37)55-35/h5-6,12-13,16-17,20-21,24-29,32-37,40-45H,7-11H2,1-4H3/b14-5+,15-6?/t16-,17-,20+,21+,24+,25+,26-,27-,28+,29+,32-,33-,34-,35-/m0/s1. The summed E-state index contributed by atoms with van der Waals surface area (Å²) in [7, 11) is 3.27. The lowest BCUT2D eigenvalue weighted by atomic mass is 9.86. The molecule has 0 unspecified atom stereocenters. The largest absolute Gasteiger partial charge is 0.469 e. The van der Waals surface area contributed by atoms with Gasteiger partial charge >= 0.3 is 23.9 Å². The number of aliphatic hydroxyl groups is 8. The summed E-state index contributed by atoms with van der Waals surface area (Å²) in [6.45, 7) is -0.575. The Hall–Kier alpha value is -4.04. The Morgan fingerprint density at radius 2 is 1.07 bits per heavy atom. The van der Waals surface area contributed by atoms with Crippen LogP contribution in [0.2, 0.25) is 0 Å². The first-order valence-corrected chi connectivity index (χ1v) is 17.5. The fourth-order valence-electron chi connectivity index (χ4n) is 6.46. The molecule has 0 amide bonds. The van der Waals surface area contributed by atoms with Crippen LogP contribution in [-0.2, 0) is 66.5 Å². The zero-order valence-corrected chi connectivity index (χ0v) is 31.2. The van der Waals surface area contributed by atoms with Crippen molar-refractivity contribution < 1.29 is 107 Å². The molecule has 4 heterocycles. The van der Waals surface area contributed by atoms with E-state index in [0.717, 1.165) is 33.9 Å². The highest BCUT2D eigenvalue weighted by molar-refractivity contribution is 5.91. The van der Waals surface area contributed by atoms with E-state index in [2.05, 4.69) is 0 Å². The van der Waals surface area contributed by atoms with Crippen LogP contribution in [-0.4, -0.2) is 180 Å². The highest BCUT2D eigenvalue weighted by Gasteiger charge is 2.49. The molecular weight excluding hydrogens is 772 g/mol. The molecule has 2 fully saturated rings. The second-order valence-corrected chi connectivity index (χ2v) is 13.0. The smallest absolute Gasteiger partial charge is 0.337 e. The summed E-state index contributed by atoms with van der Waals surface area (Å²) in [4.78, 5) is 51.5. The molecule has 4 aliphatic rings. The molecule has 0 bridgehead atoms. The Kier molecular flexibility index (Phi) is 16.5. The number of methoxy groups -OCH3 is 3.